The molecule has 0 radical (unpaired) electrons. The molecule has 0 saturated carbocycles. The van der Waals surface area contributed by atoms with Crippen molar-refractivity contribution in [3.63, 3.8) is 0 Å². The molecule has 2 unspecified atom stereocenters. The minimum atomic E-state index is -0.832. The number of methoxy groups -OCH3 is 2. The van der Waals surface area contributed by atoms with Crippen molar-refractivity contribution in [2.24, 2.45) is 5.92 Å². The van der Waals surface area contributed by atoms with Gasteiger partial charge < -0.3 is 24.6 Å². The Morgan fingerprint density at radius 2 is 1.81 bits per heavy atom. The van der Waals surface area contributed by atoms with Gasteiger partial charge in [0.2, 0.25) is 0 Å². The standard InChI is InChI=1S/C21H25NO5/c1-4-27-15-9-10-16(18(11-15)26-3)17-12-22-20(19(17)21(23)24)13-5-7-14(25-2)8-6-13/h5-11,17,19-20,22H,4,12H2,1-3H3,(H,23,24)/t17?,19-,20?/m1/s1. The van der Waals surface area contributed by atoms with E-state index in [1.807, 2.05) is 49.4 Å². The van der Waals surface area contributed by atoms with Crippen LogP contribution in [0.15, 0.2) is 42.5 Å². The van der Waals surface area contributed by atoms with Crippen LogP contribution < -0.4 is 19.5 Å². The first-order valence-electron chi connectivity index (χ1n) is 8.99. The summed E-state index contributed by atoms with van der Waals surface area (Å²) in [6, 6.07) is 12.8. The zero-order valence-corrected chi connectivity index (χ0v) is 15.8. The number of ether oxygens (including phenoxy) is 3. The van der Waals surface area contributed by atoms with Crippen LogP contribution in [0.3, 0.4) is 0 Å². The summed E-state index contributed by atoms with van der Waals surface area (Å²) in [6.45, 7) is 3.03. The second-order valence-electron chi connectivity index (χ2n) is 6.47. The minimum Gasteiger partial charge on any atom is -0.497 e. The zero-order chi connectivity index (χ0) is 19.4. The van der Waals surface area contributed by atoms with Gasteiger partial charge in [0.15, 0.2) is 0 Å². The molecule has 144 valence electrons. The Kier molecular flexibility index (Phi) is 5.86. The van der Waals surface area contributed by atoms with Gasteiger partial charge in [0.05, 0.1) is 26.7 Å². The molecule has 1 aliphatic heterocycles. The van der Waals surface area contributed by atoms with E-state index in [1.165, 1.54) is 0 Å². The van der Waals surface area contributed by atoms with Crippen molar-refractivity contribution < 1.29 is 24.1 Å². The molecule has 3 atom stereocenters. The predicted octanol–water partition coefficient (Wildman–Crippen LogP) is 3.23. The van der Waals surface area contributed by atoms with Crippen molar-refractivity contribution in [1.29, 1.82) is 0 Å². The molecule has 0 aliphatic carbocycles. The zero-order valence-electron chi connectivity index (χ0n) is 15.8. The number of benzene rings is 2. The van der Waals surface area contributed by atoms with Crippen LogP contribution in [0.5, 0.6) is 17.2 Å². The van der Waals surface area contributed by atoms with Crippen LogP contribution in [0.2, 0.25) is 0 Å². The van der Waals surface area contributed by atoms with Gasteiger partial charge in [-0.2, -0.15) is 0 Å². The summed E-state index contributed by atoms with van der Waals surface area (Å²) >= 11 is 0. The molecule has 6 heteroatoms. The molecule has 2 aromatic carbocycles. The number of aliphatic carboxylic acids is 1. The number of hydrogen-bond acceptors (Lipinski definition) is 5. The molecule has 3 rings (SSSR count). The van der Waals surface area contributed by atoms with Gasteiger partial charge in [-0.1, -0.05) is 18.2 Å². The van der Waals surface area contributed by atoms with Crippen LogP contribution in [0.25, 0.3) is 0 Å². The third-order valence-corrected chi connectivity index (χ3v) is 5.03. The maximum Gasteiger partial charge on any atom is 0.309 e. The van der Waals surface area contributed by atoms with E-state index in [9.17, 15) is 9.90 Å². The SMILES string of the molecule is CCOc1ccc(C2CNC(c3ccc(OC)cc3)[C@@H]2C(=O)O)c(OC)c1. The molecule has 0 bridgehead atoms. The Morgan fingerprint density at radius 3 is 2.41 bits per heavy atom. The van der Waals surface area contributed by atoms with Crippen molar-refractivity contribution >= 4 is 5.97 Å². The first-order valence-corrected chi connectivity index (χ1v) is 8.99. The van der Waals surface area contributed by atoms with Crippen molar-refractivity contribution in [1.82, 2.24) is 5.32 Å². The summed E-state index contributed by atoms with van der Waals surface area (Å²) in [5, 5.41) is 13.3. The number of carboxylic acid groups (broad SMARTS) is 1. The molecule has 1 aliphatic rings. The fraction of sp³-hybridized carbons (Fsp3) is 0.381. The van der Waals surface area contributed by atoms with E-state index in [4.69, 9.17) is 14.2 Å². The Bertz CT molecular complexity index is 790. The molecular formula is C21H25NO5. The van der Waals surface area contributed by atoms with Crippen LogP contribution >= 0.6 is 0 Å². The molecule has 0 amide bonds. The molecule has 0 spiro atoms. The van der Waals surface area contributed by atoms with Gasteiger partial charge in [-0.25, -0.2) is 0 Å². The van der Waals surface area contributed by atoms with E-state index >= 15 is 0 Å². The summed E-state index contributed by atoms with van der Waals surface area (Å²) < 4.78 is 16.2. The van der Waals surface area contributed by atoms with Crippen molar-refractivity contribution in [2.75, 3.05) is 27.4 Å². The highest BCUT2D eigenvalue weighted by Gasteiger charge is 2.43. The molecule has 27 heavy (non-hydrogen) atoms. The van der Waals surface area contributed by atoms with Crippen LogP contribution in [-0.2, 0) is 4.79 Å². The molecule has 2 aromatic rings. The van der Waals surface area contributed by atoms with E-state index < -0.39 is 11.9 Å². The Balaban J connectivity index is 1.93. The summed E-state index contributed by atoms with van der Waals surface area (Å²) in [5.74, 6) is 0.456. The van der Waals surface area contributed by atoms with Gasteiger partial charge in [-0.15, -0.1) is 0 Å². The number of carbonyl (C=O) groups is 1. The Labute approximate surface area is 159 Å². The number of carboxylic acids is 1. The van der Waals surface area contributed by atoms with E-state index in [0.717, 1.165) is 16.9 Å². The molecule has 1 fully saturated rings. The van der Waals surface area contributed by atoms with Crippen LogP contribution in [-0.4, -0.2) is 38.4 Å². The van der Waals surface area contributed by atoms with Crippen molar-refractivity contribution in [3.8, 4) is 17.2 Å². The van der Waals surface area contributed by atoms with Gasteiger partial charge in [0, 0.05) is 24.6 Å². The monoisotopic (exact) mass is 371 g/mol. The van der Waals surface area contributed by atoms with Crippen LogP contribution in [0.4, 0.5) is 0 Å². The van der Waals surface area contributed by atoms with Gasteiger partial charge >= 0.3 is 5.97 Å². The maximum atomic E-state index is 12.1. The van der Waals surface area contributed by atoms with Gasteiger partial charge in [-0.05, 0) is 36.2 Å². The number of rotatable bonds is 7. The van der Waals surface area contributed by atoms with Crippen LogP contribution in [0, 0.1) is 5.92 Å². The molecule has 0 aromatic heterocycles. The van der Waals surface area contributed by atoms with Crippen LogP contribution in [0.1, 0.15) is 30.0 Å². The second kappa shape index (κ2) is 8.31. The highest BCUT2D eigenvalue weighted by atomic mass is 16.5. The molecular weight excluding hydrogens is 346 g/mol. The number of hydrogen-bond donors (Lipinski definition) is 2. The van der Waals surface area contributed by atoms with E-state index in [-0.39, 0.29) is 12.0 Å². The maximum absolute atomic E-state index is 12.1. The first-order chi connectivity index (χ1) is 13.1. The Morgan fingerprint density at radius 1 is 1.11 bits per heavy atom. The van der Waals surface area contributed by atoms with Gasteiger partial charge in [0.1, 0.15) is 17.2 Å². The highest BCUT2D eigenvalue weighted by molar-refractivity contribution is 5.74. The van der Waals surface area contributed by atoms with Gasteiger partial charge in [0.25, 0.3) is 0 Å². The lowest BCUT2D eigenvalue weighted by molar-refractivity contribution is -0.142. The predicted molar refractivity (Wildman–Crippen MR) is 102 cm³/mol. The summed E-state index contributed by atoms with van der Waals surface area (Å²) in [6.07, 6.45) is 0. The number of nitrogens with one attached hydrogen (secondary N) is 1. The molecule has 1 heterocycles. The fourth-order valence-corrected chi connectivity index (χ4v) is 3.75. The lowest BCUT2D eigenvalue weighted by atomic mass is 9.82. The summed E-state index contributed by atoms with van der Waals surface area (Å²) in [4.78, 5) is 12.1. The van der Waals surface area contributed by atoms with E-state index in [0.29, 0.717) is 24.7 Å². The largest absolute Gasteiger partial charge is 0.497 e. The second-order valence-corrected chi connectivity index (χ2v) is 6.47. The third-order valence-electron chi connectivity index (χ3n) is 5.03. The average molecular weight is 371 g/mol. The average Bonchev–Trinajstić information content (AvgIpc) is 3.13. The topological polar surface area (TPSA) is 77.0 Å². The molecule has 2 N–H and O–H groups in total. The lowest BCUT2D eigenvalue weighted by Crippen LogP contribution is -2.25. The van der Waals surface area contributed by atoms with Gasteiger partial charge in [-0.3, -0.25) is 4.79 Å². The fourth-order valence-electron chi connectivity index (χ4n) is 3.75. The summed E-state index contributed by atoms with van der Waals surface area (Å²) in [5.41, 5.74) is 1.80. The normalized spacial score (nSPS) is 21.7. The molecule has 6 nitrogen and oxygen atoms in total. The highest BCUT2D eigenvalue weighted by Crippen LogP contribution is 2.43. The van der Waals surface area contributed by atoms with E-state index in [2.05, 4.69) is 5.32 Å². The minimum absolute atomic E-state index is 0.208. The quantitative estimate of drug-likeness (QED) is 0.778. The van der Waals surface area contributed by atoms with Crippen molar-refractivity contribution in [2.45, 2.75) is 18.9 Å². The third kappa shape index (κ3) is 3.85. The smallest absolute Gasteiger partial charge is 0.309 e. The van der Waals surface area contributed by atoms with E-state index in [1.54, 1.807) is 14.2 Å². The first kappa shape index (κ1) is 19.0. The Hall–Kier alpha value is -2.73. The molecule has 1 saturated heterocycles. The van der Waals surface area contributed by atoms with Crippen molar-refractivity contribution in [3.05, 3.63) is 53.6 Å². The lowest BCUT2D eigenvalue weighted by Gasteiger charge is -2.22. The summed E-state index contributed by atoms with van der Waals surface area (Å²) in [7, 11) is 3.20.